The summed E-state index contributed by atoms with van der Waals surface area (Å²) in [6.07, 6.45) is 0. The lowest BCUT2D eigenvalue weighted by atomic mass is 10.0. The fourth-order valence-electron chi connectivity index (χ4n) is 5.74. The quantitative estimate of drug-likeness (QED) is 0.211. The Balaban J connectivity index is 1.39. The van der Waals surface area contributed by atoms with Crippen molar-refractivity contribution in [2.75, 3.05) is 4.90 Å². The number of aromatic nitrogens is 1. The Morgan fingerprint density at radius 3 is 1.85 bits per heavy atom. The summed E-state index contributed by atoms with van der Waals surface area (Å²) in [5.74, 6) is 0.931. The van der Waals surface area contributed by atoms with Crippen LogP contribution in [0.15, 0.2) is 146 Å². The molecule has 0 bridgehead atoms. The van der Waals surface area contributed by atoms with Crippen LogP contribution in [0.4, 0.5) is 17.2 Å². The molecular weight excluding hydrogens is 504 g/mol. The lowest BCUT2D eigenvalue weighted by Gasteiger charge is -2.26. The van der Waals surface area contributed by atoms with Crippen molar-refractivity contribution >= 4 is 70.4 Å². The molecule has 0 N–H and O–H groups in total. The molecule has 3 heteroatoms. The molecule has 0 saturated heterocycles. The minimum absolute atomic E-state index is 0.931. The molecule has 2 heterocycles. The third-order valence-electron chi connectivity index (χ3n) is 7.65. The second-order valence-corrected chi connectivity index (χ2v) is 11.1. The van der Waals surface area contributed by atoms with Crippen LogP contribution >= 0.6 is 11.3 Å². The highest BCUT2D eigenvalue weighted by Crippen LogP contribution is 2.43. The Labute approximate surface area is 236 Å². The van der Waals surface area contributed by atoms with Gasteiger partial charge >= 0.3 is 0 Å². The number of hydrogen-bond acceptors (Lipinski definition) is 3. The maximum Gasteiger partial charge on any atom is 0.146 e. The van der Waals surface area contributed by atoms with Crippen molar-refractivity contribution in [1.82, 2.24) is 4.98 Å². The smallest absolute Gasteiger partial charge is 0.146 e. The predicted molar refractivity (Wildman–Crippen MR) is 172 cm³/mol. The van der Waals surface area contributed by atoms with Crippen LogP contribution in [0, 0.1) is 0 Å². The van der Waals surface area contributed by atoms with E-state index >= 15 is 0 Å². The monoisotopic (exact) mass is 528 g/mol. The van der Waals surface area contributed by atoms with Gasteiger partial charge in [0.15, 0.2) is 0 Å². The number of thiophene rings is 1. The van der Waals surface area contributed by atoms with Gasteiger partial charge in [0.2, 0.25) is 0 Å². The zero-order chi connectivity index (χ0) is 26.5. The van der Waals surface area contributed by atoms with E-state index in [0.717, 1.165) is 28.1 Å². The van der Waals surface area contributed by atoms with Gasteiger partial charge in [-0.15, -0.1) is 11.3 Å². The van der Waals surface area contributed by atoms with Gasteiger partial charge in [0, 0.05) is 42.3 Å². The predicted octanol–water partition coefficient (Wildman–Crippen LogP) is 10.9. The highest BCUT2D eigenvalue weighted by Gasteiger charge is 2.20. The van der Waals surface area contributed by atoms with Gasteiger partial charge in [0.1, 0.15) is 5.82 Å². The van der Waals surface area contributed by atoms with Crippen LogP contribution in [0.25, 0.3) is 53.0 Å². The molecule has 0 aliphatic carbocycles. The standard InChI is InChI=1S/C37H24N2S/c1-2-10-25(11-3-1)26-18-20-27(21-19-26)39(28-22-23-36-33(24-28)31-14-7-9-17-35(31)40-36)37-32-15-5-4-12-29(32)30-13-6-8-16-34(30)38-37/h1-24H. The molecule has 0 amide bonds. The highest BCUT2D eigenvalue weighted by molar-refractivity contribution is 7.25. The maximum atomic E-state index is 5.30. The number of fused-ring (bicyclic) bond motifs is 6. The van der Waals surface area contributed by atoms with E-state index in [2.05, 4.69) is 150 Å². The van der Waals surface area contributed by atoms with Crippen molar-refractivity contribution < 1.29 is 0 Å². The summed E-state index contributed by atoms with van der Waals surface area (Å²) in [6, 6.07) is 51.9. The summed E-state index contributed by atoms with van der Waals surface area (Å²) in [4.78, 5) is 7.61. The molecule has 8 aromatic rings. The molecule has 0 atom stereocenters. The lowest BCUT2D eigenvalue weighted by Crippen LogP contribution is -2.12. The summed E-state index contributed by atoms with van der Waals surface area (Å²) in [5.41, 5.74) is 5.56. The number of hydrogen-bond donors (Lipinski definition) is 0. The maximum absolute atomic E-state index is 5.30. The van der Waals surface area contributed by atoms with E-state index < -0.39 is 0 Å². The Morgan fingerprint density at radius 2 is 1.02 bits per heavy atom. The first-order valence-corrected chi connectivity index (χ1v) is 14.3. The molecule has 2 nitrogen and oxygen atoms in total. The minimum atomic E-state index is 0.931. The molecule has 0 aliphatic heterocycles. The Kier molecular flexibility index (Phi) is 5.35. The van der Waals surface area contributed by atoms with Crippen molar-refractivity contribution in [2.24, 2.45) is 0 Å². The molecule has 0 aliphatic rings. The second-order valence-electron chi connectivity index (χ2n) is 10.0. The third kappa shape index (κ3) is 3.75. The van der Waals surface area contributed by atoms with Gasteiger partial charge in [-0.3, -0.25) is 4.90 Å². The molecule has 0 radical (unpaired) electrons. The van der Waals surface area contributed by atoms with Crippen molar-refractivity contribution in [1.29, 1.82) is 0 Å². The van der Waals surface area contributed by atoms with Crippen LogP contribution in [-0.2, 0) is 0 Å². The van der Waals surface area contributed by atoms with Gasteiger partial charge in [-0.1, -0.05) is 103 Å². The molecule has 188 valence electrons. The average molecular weight is 529 g/mol. The zero-order valence-electron chi connectivity index (χ0n) is 21.7. The van der Waals surface area contributed by atoms with Crippen LogP contribution in [-0.4, -0.2) is 4.98 Å². The Morgan fingerprint density at radius 1 is 0.425 bits per heavy atom. The Hall–Kier alpha value is -4.99. The number of para-hydroxylation sites is 1. The number of rotatable bonds is 4. The molecule has 0 fully saturated rings. The van der Waals surface area contributed by atoms with E-state index in [9.17, 15) is 0 Å². The first-order chi connectivity index (χ1) is 19.8. The average Bonchev–Trinajstić information content (AvgIpc) is 3.40. The Bertz CT molecular complexity index is 2160. The van der Waals surface area contributed by atoms with E-state index in [1.54, 1.807) is 0 Å². The summed E-state index contributed by atoms with van der Waals surface area (Å²) < 4.78 is 2.60. The van der Waals surface area contributed by atoms with Crippen molar-refractivity contribution in [3.05, 3.63) is 146 Å². The number of benzene rings is 6. The van der Waals surface area contributed by atoms with Crippen molar-refractivity contribution in [3.63, 3.8) is 0 Å². The van der Waals surface area contributed by atoms with Gasteiger partial charge in [0.25, 0.3) is 0 Å². The molecule has 6 aromatic carbocycles. The molecule has 2 aromatic heterocycles. The number of pyridine rings is 1. The van der Waals surface area contributed by atoms with E-state index in [1.165, 1.54) is 42.1 Å². The highest BCUT2D eigenvalue weighted by atomic mass is 32.1. The van der Waals surface area contributed by atoms with Crippen LogP contribution in [0.5, 0.6) is 0 Å². The van der Waals surface area contributed by atoms with Crippen LogP contribution < -0.4 is 4.90 Å². The lowest BCUT2D eigenvalue weighted by molar-refractivity contribution is 1.23. The van der Waals surface area contributed by atoms with Crippen LogP contribution in [0.2, 0.25) is 0 Å². The molecule has 0 spiro atoms. The van der Waals surface area contributed by atoms with E-state index in [-0.39, 0.29) is 0 Å². The molecule has 40 heavy (non-hydrogen) atoms. The van der Waals surface area contributed by atoms with Gasteiger partial charge in [0.05, 0.1) is 5.52 Å². The van der Waals surface area contributed by atoms with Gasteiger partial charge in [-0.05, 0) is 59.0 Å². The van der Waals surface area contributed by atoms with E-state index in [4.69, 9.17) is 4.98 Å². The van der Waals surface area contributed by atoms with Crippen LogP contribution in [0.1, 0.15) is 0 Å². The van der Waals surface area contributed by atoms with E-state index in [1.807, 2.05) is 11.3 Å². The summed E-state index contributed by atoms with van der Waals surface area (Å²) in [5, 5.41) is 6.06. The largest absolute Gasteiger partial charge is 0.294 e. The molecular formula is C37H24N2S. The molecule has 0 saturated carbocycles. The number of nitrogens with zero attached hydrogens (tertiary/aromatic N) is 2. The van der Waals surface area contributed by atoms with Gasteiger partial charge in [-0.2, -0.15) is 0 Å². The first kappa shape index (κ1) is 22.9. The first-order valence-electron chi connectivity index (χ1n) is 13.5. The second kappa shape index (κ2) is 9.33. The third-order valence-corrected chi connectivity index (χ3v) is 8.80. The fourth-order valence-corrected chi connectivity index (χ4v) is 6.82. The molecule has 8 rings (SSSR count). The topological polar surface area (TPSA) is 16.1 Å². The zero-order valence-corrected chi connectivity index (χ0v) is 22.5. The van der Waals surface area contributed by atoms with E-state index in [0.29, 0.717) is 0 Å². The minimum Gasteiger partial charge on any atom is -0.294 e. The van der Waals surface area contributed by atoms with Gasteiger partial charge < -0.3 is 0 Å². The van der Waals surface area contributed by atoms with Crippen molar-refractivity contribution in [2.45, 2.75) is 0 Å². The SMILES string of the molecule is c1ccc(-c2ccc(N(c3ccc4sc5ccccc5c4c3)c3nc4ccccc4c4ccccc34)cc2)cc1. The van der Waals surface area contributed by atoms with Gasteiger partial charge in [-0.25, -0.2) is 4.98 Å². The van der Waals surface area contributed by atoms with Crippen LogP contribution in [0.3, 0.4) is 0 Å². The van der Waals surface area contributed by atoms with Crippen molar-refractivity contribution in [3.8, 4) is 11.1 Å². The summed E-state index contributed by atoms with van der Waals surface area (Å²) in [7, 11) is 0. The normalized spacial score (nSPS) is 11.5. The molecule has 0 unspecified atom stereocenters. The summed E-state index contributed by atoms with van der Waals surface area (Å²) in [6.45, 7) is 0. The fraction of sp³-hybridized carbons (Fsp3) is 0. The number of anilines is 3. The summed E-state index contributed by atoms with van der Waals surface area (Å²) >= 11 is 1.84.